The number of H-pyrrole nitrogens is 1. The highest BCUT2D eigenvalue weighted by Gasteiger charge is 2.36. The van der Waals surface area contributed by atoms with E-state index in [9.17, 15) is 14.7 Å². The molecule has 2 rings (SSSR count). The maximum atomic E-state index is 11.6. The predicted octanol–water partition coefficient (Wildman–Crippen LogP) is -0.0950. The Labute approximate surface area is 97.9 Å². The summed E-state index contributed by atoms with van der Waals surface area (Å²) in [6, 6.07) is 0. The molecule has 0 radical (unpaired) electrons. The zero-order valence-corrected chi connectivity index (χ0v) is 9.90. The SMILES string of the molecule is Cc1cn(C2CC[C@@](C)(CO)O2)c(=O)[nH]c1=O. The molecule has 0 aliphatic carbocycles. The number of aromatic amines is 1. The normalized spacial score (nSPS) is 28.5. The van der Waals surface area contributed by atoms with Gasteiger partial charge in [-0.3, -0.25) is 14.3 Å². The molecule has 1 fully saturated rings. The van der Waals surface area contributed by atoms with Crippen molar-refractivity contribution in [2.45, 2.75) is 38.5 Å². The maximum Gasteiger partial charge on any atom is 0.330 e. The minimum absolute atomic E-state index is 0.0828. The Balaban J connectivity index is 2.34. The van der Waals surface area contributed by atoms with Gasteiger partial charge in [0.25, 0.3) is 5.56 Å². The van der Waals surface area contributed by atoms with E-state index in [0.717, 1.165) is 0 Å². The van der Waals surface area contributed by atoms with Crippen LogP contribution in [0.25, 0.3) is 0 Å². The first-order valence-electron chi connectivity index (χ1n) is 5.56. The van der Waals surface area contributed by atoms with Crippen LogP contribution in [0.15, 0.2) is 15.8 Å². The van der Waals surface area contributed by atoms with Gasteiger partial charge >= 0.3 is 5.69 Å². The highest BCUT2D eigenvalue weighted by Crippen LogP contribution is 2.34. The number of hydrogen-bond donors (Lipinski definition) is 2. The monoisotopic (exact) mass is 240 g/mol. The summed E-state index contributed by atoms with van der Waals surface area (Å²) in [4.78, 5) is 25.1. The molecule has 0 aromatic carbocycles. The second kappa shape index (κ2) is 4.12. The highest BCUT2D eigenvalue weighted by atomic mass is 16.5. The van der Waals surface area contributed by atoms with Crippen molar-refractivity contribution in [1.82, 2.24) is 9.55 Å². The van der Waals surface area contributed by atoms with Gasteiger partial charge in [-0.15, -0.1) is 0 Å². The summed E-state index contributed by atoms with van der Waals surface area (Å²) >= 11 is 0. The summed E-state index contributed by atoms with van der Waals surface area (Å²) in [5.74, 6) is 0. The molecule has 94 valence electrons. The predicted molar refractivity (Wildman–Crippen MR) is 60.9 cm³/mol. The van der Waals surface area contributed by atoms with E-state index in [-0.39, 0.29) is 12.2 Å². The van der Waals surface area contributed by atoms with E-state index in [2.05, 4.69) is 4.98 Å². The van der Waals surface area contributed by atoms with Crippen molar-refractivity contribution in [3.05, 3.63) is 32.6 Å². The third-order valence-electron chi connectivity index (χ3n) is 3.13. The molecule has 2 heterocycles. The van der Waals surface area contributed by atoms with Crippen molar-refractivity contribution in [2.24, 2.45) is 0 Å². The first kappa shape index (κ1) is 12.1. The summed E-state index contributed by atoms with van der Waals surface area (Å²) in [5, 5.41) is 9.19. The first-order chi connectivity index (χ1) is 7.95. The van der Waals surface area contributed by atoms with Gasteiger partial charge in [-0.05, 0) is 26.7 Å². The van der Waals surface area contributed by atoms with Gasteiger partial charge in [0.1, 0.15) is 6.23 Å². The van der Waals surface area contributed by atoms with Crippen LogP contribution in [0.5, 0.6) is 0 Å². The minimum Gasteiger partial charge on any atom is -0.393 e. The third kappa shape index (κ3) is 2.18. The standard InChI is InChI=1S/C11H16N2O4/c1-7-5-13(10(16)12-9(7)15)8-3-4-11(2,6-14)17-8/h5,8,14H,3-4,6H2,1-2H3,(H,12,15,16)/t8?,11-/m0/s1. The van der Waals surface area contributed by atoms with E-state index in [1.165, 1.54) is 10.8 Å². The van der Waals surface area contributed by atoms with Gasteiger partial charge in [0.15, 0.2) is 0 Å². The third-order valence-corrected chi connectivity index (χ3v) is 3.13. The lowest BCUT2D eigenvalue weighted by atomic mass is 10.0. The van der Waals surface area contributed by atoms with Gasteiger partial charge in [-0.1, -0.05) is 0 Å². The van der Waals surface area contributed by atoms with Crippen LogP contribution in [-0.2, 0) is 4.74 Å². The van der Waals surface area contributed by atoms with Crippen molar-refractivity contribution >= 4 is 0 Å². The summed E-state index contributed by atoms with van der Waals surface area (Å²) in [7, 11) is 0. The van der Waals surface area contributed by atoms with Gasteiger partial charge in [0, 0.05) is 11.8 Å². The van der Waals surface area contributed by atoms with Crippen molar-refractivity contribution in [2.75, 3.05) is 6.61 Å². The fraction of sp³-hybridized carbons (Fsp3) is 0.636. The van der Waals surface area contributed by atoms with E-state index in [0.29, 0.717) is 18.4 Å². The number of aromatic nitrogens is 2. The van der Waals surface area contributed by atoms with Crippen molar-refractivity contribution in [3.8, 4) is 0 Å². The number of aryl methyl sites for hydroxylation is 1. The molecule has 0 spiro atoms. The average molecular weight is 240 g/mol. The molecular weight excluding hydrogens is 224 g/mol. The largest absolute Gasteiger partial charge is 0.393 e. The first-order valence-corrected chi connectivity index (χ1v) is 5.56. The number of rotatable bonds is 2. The van der Waals surface area contributed by atoms with Crippen LogP contribution in [0.4, 0.5) is 0 Å². The Bertz CT molecular complexity index is 533. The van der Waals surface area contributed by atoms with Gasteiger partial charge in [-0.2, -0.15) is 0 Å². The van der Waals surface area contributed by atoms with E-state index in [4.69, 9.17) is 4.74 Å². The van der Waals surface area contributed by atoms with Crippen LogP contribution in [0, 0.1) is 6.92 Å². The topological polar surface area (TPSA) is 84.3 Å². The Morgan fingerprint density at radius 2 is 2.35 bits per heavy atom. The molecule has 1 aliphatic heterocycles. The zero-order chi connectivity index (χ0) is 12.6. The molecule has 0 bridgehead atoms. The Morgan fingerprint density at radius 1 is 1.65 bits per heavy atom. The van der Waals surface area contributed by atoms with Gasteiger partial charge < -0.3 is 9.84 Å². The lowest BCUT2D eigenvalue weighted by Crippen LogP contribution is -2.35. The van der Waals surface area contributed by atoms with Crippen LogP contribution in [0.3, 0.4) is 0 Å². The minimum atomic E-state index is -0.603. The fourth-order valence-corrected chi connectivity index (χ4v) is 1.99. The molecule has 17 heavy (non-hydrogen) atoms. The highest BCUT2D eigenvalue weighted by molar-refractivity contribution is 5.02. The van der Waals surface area contributed by atoms with E-state index < -0.39 is 17.5 Å². The Kier molecular flexibility index (Phi) is 2.92. The van der Waals surface area contributed by atoms with Crippen LogP contribution >= 0.6 is 0 Å². The van der Waals surface area contributed by atoms with E-state index >= 15 is 0 Å². The molecule has 6 heteroatoms. The molecule has 0 saturated carbocycles. The number of aliphatic hydroxyl groups is 1. The van der Waals surface area contributed by atoms with Crippen LogP contribution < -0.4 is 11.2 Å². The second-order valence-electron chi connectivity index (χ2n) is 4.70. The molecule has 1 aliphatic rings. The fourth-order valence-electron chi connectivity index (χ4n) is 1.99. The quantitative estimate of drug-likeness (QED) is 0.756. The number of ether oxygens (including phenoxy) is 1. The van der Waals surface area contributed by atoms with Gasteiger partial charge in [0.05, 0.1) is 12.2 Å². The Hall–Kier alpha value is -1.40. The Morgan fingerprint density at radius 3 is 2.94 bits per heavy atom. The van der Waals surface area contributed by atoms with E-state index in [1.807, 2.05) is 0 Å². The summed E-state index contributed by atoms with van der Waals surface area (Å²) in [5.41, 5.74) is -0.999. The number of aliphatic hydroxyl groups excluding tert-OH is 1. The second-order valence-corrected chi connectivity index (χ2v) is 4.70. The molecular formula is C11H16N2O4. The lowest BCUT2D eigenvalue weighted by molar-refractivity contribution is -0.0882. The molecule has 2 N–H and O–H groups in total. The molecule has 2 atom stereocenters. The summed E-state index contributed by atoms with van der Waals surface area (Å²) in [6.45, 7) is 3.35. The van der Waals surface area contributed by atoms with Crippen molar-refractivity contribution < 1.29 is 9.84 Å². The number of nitrogens with zero attached hydrogens (tertiary/aromatic N) is 1. The molecule has 1 aromatic rings. The van der Waals surface area contributed by atoms with Crippen LogP contribution in [-0.4, -0.2) is 26.9 Å². The molecule has 1 saturated heterocycles. The van der Waals surface area contributed by atoms with Gasteiger partial charge in [0.2, 0.25) is 0 Å². The van der Waals surface area contributed by atoms with E-state index in [1.54, 1.807) is 13.8 Å². The molecule has 6 nitrogen and oxygen atoms in total. The van der Waals surface area contributed by atoms with Crippen molar-refractivity contribution in [1.29, 1.82) is 0 Å². The smallest absolute Gasteiger partial charge is 0.330 e. The van der Waals surface area contributed by atoms with Crippen LogP contribution in [0.1, 0.15) is 31.6 Å². The average Bonchev–Trinajstić information content (AvgIpc) is 2.67. The number of hydrogen-bond acceptors (Lipinski definition) is 4. The zero-order valence-electron chi connectivity index (χ0n) is 9.90. The van der Waals surface area contributed by atoms with Gasteiger partial charge in [-0.25, -0.2) is 4.79 Å². The molecule has 1 aromatic heterocycles. The lowest BCUT2D eigenvalue weighted by Gasteiger charge is -2.22. The number of nitrogens with one attached hydrogen (secondary N) is 1. The van der Waals surface area contributed by atoms with Crippen LogP contribution in [0.2, 0.25) is 0 Å². The summed E-state index contributed by atoms with van der Waals surface area (Å²) in [6.07, 6.45) is 2.39. The summed E-state index contributed by atoms with van der Waals surface area (Å²) < 4.78 is 7.02. The maximum absolute atomic E-state index is 11.6. The molecule has 0 amide bonds. The van der Waals surface area contributed by atoms with Crippen molar-refractivity contribution in [3.63, 3.8) is 0 Å². The molecule has 1 unspecified atom stereocenters.